The minimum Gasteiger partial charge on any atom is -0.494 e. The molecule has 0 saturated carbocycles. The molecule has 1 aromatic carbocycles. The molecule has 132 valence electrons. The van der Waals surface area contributed by atoms with Gasteiger partial charge in [0.05, 0.1) is 6.61 Å². The minimum absolute atomic E-state index is 0.0333. The number of hydrogen-bond donors (Lipinski definition) is 0. The summed E-state index contributed by atoms with van der Waals surface area (Å²) in [6.45, 7) is 9.19. The lowest BCUT2D eigenvalue weighted by Gasteiger charge is -2.22. The molecule has 0 bridgehead atoms. The highest BCUT2D eigenvalue weighted by Gasteiger charge is 2.22. The smallest absolute Gasteiger partial charge is 0.253 e. The average Bonchev–Trinajstić information content (AvgIpc) is 2.82. The Morgan fingerprint density at radius 2 is 1.79 bits per heavy atom. The number of carbonyl (C=O) groups excluding carboxylic acids is 2. The zero-order chi connectivity index (χ0) is 17.5. The second-order valence-corrected chi connectivity index (χ2v) is 6.19. The van der Waals surface area contributed by atoms with E-state index >= 15 is 0 Å². The van der Waals surface area contributed by atoms with E-state index in [1.807, 2.05) is 48.8 Å². The molecule has 0 unspecified atom stereocenters. The first-order valence-corrected chi connectivity index (χ1v) is 8.87. The van der Waals surface area contributed by atoms with Gasteiger partial charge in [0.2, 0.25) is 5.91 Å². The normalized spacial score (nSPS) is 15.1. The van der Waals surface area contributed by atoms with Crippen molar-refractivity contribution < 1.29 is 14.3 Å². The third-order valence-corrected chi connectivity index (χ3v) is 4.32. The second kappa shape index (κ2) is 8.71. The van der Waals surface area contributed by atoms with Crippen LogP contribution in [-0.2, 0) is 4.79 Å². The Morgan fingerprint density at radius 1 is 1.08 bits per heavy atom. The van der Waals surface area contributed by atoms with E-state index in [0.29, 0.717) is 38.2 Å². The molecular weight excluding hydrogens is 304 g/mol. The molecule has 0 aromatic heterocycles. The van der Waals surface area contributed by atoms with Crippen molar-refractivity contribution in [2.24, 2.45) is 0 Å². The van der Waals surface area contributed by atoms with Crippen molar-refractivity contribution in [2.75, 3.05) is 32.8 Å². The molecule has 1 aliphatic heterocycles. The van der Waals surface area contributed by atoms with Gasteiger partial charge in [0.1, 0.15) is 5.75 Å². The first-order chi connectivity index (χ1) is 11.6. The van der Waals surface area contributed by atoms with Gasteiger partial charge in [-0.1, -0.05) is 6.92 Å². The molecule has 24 heavy (non-hydrogen) atoms. The van der Waals surface area contributed by atoms with Gasteiger partial charge in [0.25, 0.3) is 5.91 Å². The summed E-state index contributed by atoms with van der Waals surface area (Å²) in [6, 6.07) is 5.57. The molecule has 2 rings (SSSR count). The fourth-order valence-electron chi connectivity index (χ4n) is 3.02. The van der Waals surface area contributed by atoms with E-state index in [1.54, 1.807) is 0 Å². The predicted octanol–water partition coefficient (Wildman–Crippen LogP) is 2.87. The van der Waals surface area contributed by atoms with E-state index in [1.165, 1.54) is 0 Å². The van der Waals surface area contributed by atoms with E-state index in [-0.39, 0.29) is 11.8 Å². The standard InChI is InChI=1S/C19H28N2O3/c1-4-7-18(22)20-10-6-11-21(13-12-20)19(23)16-8-9-17(24-5-2)15(3)14-16/h8-9,14H,4-7,10-13H2,1-3H3. The highest BCUT2D eigenvalue weighted by atomic mass is 16.5. The molecule has 0 radical (unpaired) electrons. The Balaban J connectivity index is 2.02. The number of amides is 2. The van der Waals surface area contributed by atoms with Crippen LogP contribution < -0.4 is 4.74 Å². The fraction of sp³-hybridized carbons (Fsp3) is 0.579. The Hall–Kier alpha value is -2.04. The molecule has 0 N–H and O–H groups in total. The minimum atomic E-state index is 0.0333. The number of benzene rings is 1. The number of hydrogen-bond acceptors (Lipinski definition) is 3. The Labute approximate surface area is 144 Å². The SMILES string of the molecule is CCCC(=O)N1CCCN(C(=O)c2ccc(OCC)c(C)c2)CC1. The Kier molecular flexibility index (Phi) is 6.64. The fourth-order valence-corrected chi connectivity index (χ4v) is 3.02. The van der Waals surface area contributed by atoms with Crippen molar-refractivity contribution in [3.8, 4) is 5.75 Å². The molecule has 1 fully saturated rings. The lowest BCUT2D eigenvalue weighted by Crippen LogP contribution is -2.37. The lowest BCUT2D eigenvalue weighted by molar-refractivity contribution is -0.131. The molecule has 5 heteroatoms. The van der Waals surface area contributed by atoms with Crippen molar-refractivity contribution in [2.45, 2.75) is 40.0 Å². The van der Waals surface area contributed by atoms with Crippen LogP contribution in [0.3, 0.4) is 0 Å². The zero-order valence-electron chi connectivity index (χ0n) is 15.0. The topological polar surface area (TPSA) is 49.9 Å². The summed E-state index contributed by atoms with van der Waals surface area (Å²) in [4.78, 5) is 28.6. The summed E-state index contributed by atoms with van der Waals surface area (Å²) < 4.78 is 5.53. The van der Waals surface area contributed by atoms with E-state index in [9.17, 15) is 9.59 Å². The van der Waals surface area contributed by atoms with Crippen molar-refractivity contribution in [1.29, 1.82) is 0 Å². The number of nitrogens with zero attached hydrogens (tertiary/aromatic N) is 2. The second-order valence-electron chi connectivity index (χ2n) is 6.19. The van der Waals surface area contributed by atoms with Gasteiger partial charge in [-0.3, -0.25) is 9.59 Å². The van der Waals surface area contributed by atoms with Crippen LogP contribution in [0.1, 0.15) is 49.0 Å². The largest absolute Gasteiger partial charge is 0.494 e. The van der Waals surface area contributed by atoms with E-state index in [2.05, 4.69) is 0 Å². The number of carbonyl (C=O) groups is 2. The molecule has 2 amide bonds. The van der Waals surface area contributed by atoms with Crippen LogP contribution in [0.15, 0.2) is 18.2 Å². The van der Waals surface area contributed by atoms with Crippen LogP contribution in [0.2, 0.25) is 0 Å². The zero-order valence-corrected chi connectivity index (χ0v) is 15.0. The maximum Gasteiger partial charge on any atom is 0.253 e. The molecule has 1 heterocycles. The quantitative estimate of drug-likeness (QED) is 0.833. The molecule has 5 nitrogen and oxygen atoms in total. The van der Waals surface area contributed by atoms with Gasteiger partial charge >= 0.3 is 0 Å². The molecule has 0 aliphatic carbocycles. The third-order valence-electron chi connectivity index (χ3n) is 4.32. The molecule has 0 atom stereocenters. The van der Waals surface area contributed by atoms with Gasteiger partial charge in [-0.2, -0.15) is 0 Å². The van der Waals surface area contributed by atoms with E-state index in [4.69, 9.17) is 4.74 Å². The van der Waals surface area contributed by atoms with Crippen molar-refractivity contribution in [3.05, 3.63) is 29.3 Å². The molecule has 0 spiro atoms. The van der Waals surface area contributed by atoms with E-state index < -0.39 is 0 Å². The van der Waals surface area contributed by atoms with Crippen molar-refractivity contribution in [3.63, 3.8) is 0 Å². The van der Waals surface area contributed by atoms with Crippen LogP contribution in [0.4, 0.5) is 0 Å². The summed E-state index contributed by atoms with van der Waals surface area (Å²) in [5, 5.41) is 0. The summed E-state index contributed by atoms with van der Waals surface area (Å²) in [5.74, 6) is 1.05. The number of ether oxygens (including phenoxy) is 1. The van der Waals surface area contributed by atoms with Crippen LogP contribution in [0.25, 0.3) is 0 Å². The molecule has 1 saturated heterocycles. The molecule has 1 aliphatic rings. The first kappa shape index (κ1) is 18.3. The molecular formula is C19H28N2O3. The van der Waals surface area contributed by atoms with Crippen molar-refractivity contribution >= 4 is 11.8 Å². The van der Waals surface area contributed by atoms with Crippen LogP contribution in [0, 0.1) is 6.92 Å². The first-order valence-electron chi connectivity index (χ1n) is 8.87. The van der Waals surface area contributed by atoms with Gasteiger partial charge in [-0.25, -0.2) is 0 Å². The summed E-state index contributed by atoms with van der Waals surface area (Å²) in [7, 11) is 0. The van der Waals surface area contributed by atoms with Gasteiger partial charge in [0, 0.05) is 38.2 Å². The summed E-state index contributed by atoms with van der Waals surface area (Å²) in [5.41, 5.74) is 1.65. The number of rotatable bonds is 5. The van der Waals surface area contributed by atoms with E-state index in [0.717, 1.165) is 30.7 Å². The summed E-state index contributed by atoms with van der Waals surface area (Å²) >= 11 is 0. The third kappa shape index (κ3) is 4.49. The Morgan fingerprint density at radius 3 is 2.46 bits per heavy atom. The van der Waals surface area contributed by atoms with Crippen LogP contribution in [-0.4, -0.2) is 54.4 Å². The summed E-state index contributed by atoms with van der Waals surface area (Å²) in [6.07, 6.45) is 2.28. The average molecular weight is 332 g/mol. The maximum absolute atomic E-state index is 12.8. The predicted molar refractivity (Wildman–Crippen MR) is 94.4 cm³/mol. The number of aryl methyl sites for hydroxylation is 1. The van der Waals surface area contributed by atoms with Gasteiger partial charge in [-0.05, 0) is 50.5 Å². The van der Waals surface area contributed by atoms with Crippen LogP contribution in [0.5, 0.6) is 5.75 Å². The van der Waals surface area contributed by atoms with Gasteiger partial charge in [0.15, 0.2) is 0 Å². The lowest BCUT2D eigenvalue weighted by atomic mass is 10.1. The highest BCUT2D eigenvalue weighted by molar-refractivity contribution is 5.94. The molecule has 1 aromatic rings. The maximum atomic E-state index is 12.8. The van der Waals surface area contributed by atoms with Crippen molar-refractivity contribution in [1.82, 2.24) is 9.80 Å². The van der Waals surface area contributed by atoms with Gasteiger partial charge < -0.3 is 14.5 Å². The Bertz CT molecular complexity index is 586. The highest BCUT2D eigenvalue weighted by Crippen LogP contribution is 2.20. The monoisotopic (exact) mass is 332 g/mol. The van der Waals surface area contributed by atoms with Crippen LogP contribution >= 0.6 is 0 Å². The van der Waals surface area contributed by atoms with Gasteiger partial charge in [-0.15, -0.1) is 0 Å².